The Balaban J connectivity index is 1.89. The Hall–Kier alpha value is -3.27. The zero-order valence-corrected chi connectivity index (χ0v) is 12.3. The second-order valence-electron chi connectivity index (χ2n) is 4.71. The molecule has 0 aliphatic carbocycles. The van der Waals surface area contributed by atoms with E-state index in [1.165, 1.54) is 24.3 Å². The van der Waals surface area contributed by atoms with Gasteiger partial charge in [-0.05, 0) is 35.4 Å². The predicted molar refractivity (Wildman–Crippen MR) is 91.8 cm³/mol. The number of nitro groups is 1. The smallest absolute Gasteiger partial charge is 0.269 e. The monoisotopic (exact) mass is 305 g/mol. The Kier molecular flexibility index (Phi) is 5.77. The molecule has 0 aliphatic heterocycles. The van der Waals surface area contributed by atoms with Gasteiger partial charge in [0.2, 0.25) is 0 Å². The number of benzene rings is 2. The van der Waals surface area contributed by atoms with Gasteiger partial charge in [-0.15, -0.1) is 0 Å². The van der Waals surface area contributed by atoms with Crippen LogP contribution in [-0.4, -0.2) is 10.7 Å². The second-order valence-corrected chi connectivity index (χ2v) is 4.71. The van der Waals surface area contributed by atoms with Crippen LogP contribution < -0.4 is 0 Å². The van der Waals surface area contributed by atoms with Gasteiger partial charge in [-0.25, -0.2) is 0 Å². The Morgan fingerprint density at radius 1 is 0.826 bits per heavy atom. The van der Waals surface area contributed by atoms with Crippen LogP contribution in [0.2, 0.25) is 0 Å². The maximum absolute atomic E-state index is 11.7. The molecule has 0 heterocycles. The number of carbonyl (C=O) groups excluding carboxylic acids is 1. The van der Waals surface area contributed by atoms with E-state index in [4.69, 9.17) is 0 Å². The summed E-state index contributed by atoms with van der Waals surface area (Å²) in [6.45, 7) is 0. The van der Waals surface area contributed by atoms with Gasteiger partial charge >= 0.3 is 0 Å². The number of carbonyl (C=O) groups is 1. The number of hydrogen-bond acceptors (Lipinski definition) is 3. The first-order chi connectivity index (χ1) is 11.1. The molecule has 0 spiro atoms. The van der Waals surface area contributed by atoms with Gasteiger partial charge < -0.3 is 0 Å². The molecule has 2 aromatic carbocycles. The van der Waals surface area contributed by atoms with Gasteiger partial charge in [-0.1, -0.05) is 54.6 Å². The van der Waals surface area contributed by atoms with Crippen LogP contribution in [0.25, 0.3) is 12.2 Å². The molecule has 0 aliphatic rings. The van der Waals surface area contributed by atoms with Gasteiger partial charge in [-0.3, -0.25) is 14.9 Å². The molecule has 114 valence electrons. The van der Waals surface area contributed by atoms with Crippen molar-refractivity contribution in [3.8, 4) is 0 Å². The molecule has 2 aromatic rings. The molecule has 4 heteroatoms. The fourth-order valence-electron chi connectivity index (χ4n) is 1.82. The van der Waals surface area contributed by atoms with Crippen LogP contribution in [0.15, 0.2) is 78.9 Å². The van der Waals surface area contributed by atoms with Crippen molar-refractivity contribution in [1.29, 1.82) is 0 Å². The second kappa shape index (κ2) is 8.24. The summed E-state index contributed by atoms with van der Waals surface area (Å²) in [5.74, 6) is -0.152. The molecule has 2 rings (SSSR count). The van der Waals surface area contributed by atoms with Crippen LogP contribution in [-0.2, 0) is 4.79 Å². The summed E-state index contributed by atoms with van der Waals surface area (Å²) in [6.07, 6.45) is 9.89. The van der Waals surface area contributed by atoms with Gasteiger partial charge in [0.25, 0.3) is 5.69 Å². The third kappa shape index (κ3) is 5.55. The normalized spacial score (nSPS) is 11.5. The molecular formula is C19H15NO3. The molecule has 0 atom stereocenters. The topological polar surface area (TPSA) is 60.2 Å². The van der Waals surface area contributed by atoms with Crippen LogP contribution in [0.5, 0.6) is 0 Å². The van der Waals surface area contributed by atoms with Gasteiger partial charge in [-0.2, -0.15) is 0 Å². The van der Waals surface area contributed by atoms with Gasteiger partial charge in [0.15, 0.2) is 5.78 Å². The first-order valence-corrected chi connectivity index (χ1v) is 7.01. The third-order valence-corrected chi connectivity index (χ3v) is 3.00. The molecule has 0 bridgehead atoms. The van der Waals surface area contributed by atoms with E-state index in [9.17, 15) is 14.9 Å². The van der Waals surface area contributed by atoms with E-state index in [-0.39, 0.29) is 11.5 Å². The lowest BCUT2D eigenvalue weighted by molar-refractivity contribution is -0.384. The maximum atomic E-state index is 11.7. The lowest BCUT2D eigenvalue weighted by Crippen LogP contribution is -1.87. The number of rotatable bonds is 6. The van der Waals surface area contributed by atoms with Crippen molar-refractivity contribution in [2.24, 2.45) is 0 Å². The summed E-state index contributed by atoms with van der Waals surface area (Å²) in [7, 11) is 0. The van der Waals surface area contributed by atoms with E-state index in [1.807, 2.05) is 36.4 Å². The summed E-state index contributed by atoms with van der Waals surface area (Å²) >= 11 is 0. The van der Waals surface area contributed by atoms with E-state index in [0.29, 0.717) is 0 Å². The van der Waals surface area contributed by atoms with Crippen molar-refractivity contribution >= 4 is 23.6 Å². The number of nitrogens with zero attached hydrogens (tertiary/aromatic N) is 1. The first-order valence-electron chi connectivity index (χ1n) is 7.01. The summed E-state index contributed by atoms with van der Waals surface area (Å²) in [5, 5.41) is 10.5. The minimum absolute atomic E-state index is 0.0272. The lowest BCUT2D eigenvalue weighted by atomic mass is 10.1. The van der Waals surface area contributed by atoms with Crippen LogP contribution in [0.4, 0.5) is 5.69 Å². The average molecular weight is 305 g/mol. The predicted octanol–water partition coefficient (Wildman–Crippen LogP) is 4.45. The highest BCUT2D eigenvalue weighted by Crippen LogP contribution is 2.12. The molecule has 0 amide bonds. The average Bonchev–Trinajstić information content (AvgIpc) is 2.58. The number of hydrogen-bond donors (Lipinski definition) is 0. The molecular weight excluding hydrogens is 290 g/mol. The van der Waals surface area contributed by atoms with Crippen LogP contribution >= 0.6 is 0 Å². The number of ketones is 1. The molecule has 23 heavy (non-hydrogen) atoms. The fourth-order valence-corrected chi connectivity index (χ4v) is 1.82. The van der Waals surface area contributed by atoms with E-state index in [1.54, 1.807) is 30.4 Å². The minimum Gasteiger partial charge on any atom is -0.290 e. The summed E-state index contributed by atoms with van der Waals surface area (Å²) in [6, 6.07) is 15.8. The highest BCUT2D eigenvalue weighted by Gasteiger charge is 2.02. The zero-order chi connectivity index (χ0) is 16.5. The number of allylic oxidation sites excluding steroid dienone is 4. The maximum Gasteiger partial charge on any atom is 0.269 e. The Morgan fingerprint density at radius 3 is 2.13 bits per heavy atom. The van der Waals surface area contributed by atoms with Crippen LogP contribution in [0, 0.1) is 10.1 Å². The zero-order valence-electron chi connectivity index (χ0n) is 12.3. The molecule has 0 unspecified atom stereocenters. The van der Waals surface area contributed by atoms with Crippen molar-refractivity contribution in [2.75, 3.05) is 0 Å². The quantitative estimate of drug-likeness (QED) is 0.343. The van der Waals surface area contributed by atoms with Crippen molar-refractivity contribution in [3.63, 3.8) is 0 Å². The van der Waals surface area contributed by atoms with Crippen molar-refractivity contribution in [1.82, 2.24) is 0 Å². The summed E-state index contributed by atoms with van der Waals surface area (Å²) in [5.41, 5.74) is 1.82. The molecule has 0 saturated heterocycles. The van der Waals surface area contributed by atoms with Crippen molar-refractivity contribution in [2.45, 2.75) is 0 Å². The van der Waals surface area contributed by atoms with Crippen LogP contribution in [0.3, 0.4) is 0 Å². The van der Waals surface area contributed by atoms with E-state index >= 15 is 0 Å². The molecule has 4 nitrogen and oxygen atoms in total. The fraction of sp³-hybridized carbons (Fsp3) is 0. The molecule has 0 saturated carbocycles. The third-order valence-electron chi connectivity index (χ3n) is 3.00. The Bertz CT molecular complexity index is 757. The highest BCUT2D eigenvalue weighted by atomic mass is 16.6. The standard InChI is InChI=1S/C19H15NO3/c21-19(9-5-4-8-16-6-2-1-3-7-16)15-12-17-10-13-18(14-11-17)20(22)23/h1-15H/b8-4+,9-5+,15-12+. The molecule has 0 radical (unpaired) electrons. The van der Waals surface area contributed by atoms with Crippen molar-refractivity contribution < 1.29 is 9.72 Å². The van der Waals surface area contributed by atoms with E-state index < -0.39 is 4.92 Å². The SMILES string of the molecule is O=C(/C=C/C=C/c1ccccc1)/C=C/c1ccc([N+](=O)[O-])cc1. The summed E-state index contributed by atoms with van der Waals surface area (Å²) in [4.78, 5) is 21.8. The number of non-ortho nitro benzene ring substituents is 1. The molecule has 0 N–H and O–H groups in total. The van der Waals surface area contributed by atoms with Gasteiger partial charge in [0.05, 0.1) is 4.92 Å². The molecule has 0 aromatic heterocycles. The van der Waals surface area contributed by atoms with Gasteiger partial charge in [0.1, 0.15) is 0 Å². The van der Waals surface area contributed by atoms with Crippen molar-refractivity contribution in [3.05, 3.63) is 100 Å². The minimum atomic E-state index is -0.458. The lowest BCUT2D eigenvalue weighted by Gasteiger charge is -1.92. The largest absolute Gasteiger partial charge is 0.290 e. The summed E-state index contributed by atoms with van der Waals surface area (Å²) < 4.78 is 0. The highest BCUT2D eigenvalue weighted by molar-refractivity contribution is 6.02. The molecule has 0 fully saturated rings. The Morgan fingerprint density at radius 2 is 1.48 bits per heavy atom. The van der Waals surface area contributed by atoms with Crippen LogP contribution in [0.1, 0.15) is 11.1 Å². The first kappa shape index (κ1) is 16.1. The Labute approximate surface area is 134 Å². The van der Waals surface area contributed by atoms with Gasteiger partial charge in [0, 0.05) is 12.1 Å². The van der Waals surface area contributed by atoms with E-state index in [0.717, 1.165) is 11.1 Å². The van der Waals surface area contributed by atoms with E-state index in [2.05, 4.69) is 0 Å². The number of nitro benzene ring substituents is 1.